The van der Waals surface area contributed by atoms with Gasteiger partial charge in [-0.1, -0.05) is 57.1 Å². The van der Waals surface area contributed by atoms with Crippen LogP contribution in [0, 0.1) is 11.8 Å². The molecule has 2 aromatic rings. The van der Waals surface area contributed by atoms with Crippen LogP contribution >= 0.6 is 0 Å². The summed E-state index contributed by atoms with van der Waals surface area (Å²) in [6.45, 7) is 5.43. The largest absolute Gasteiger partial charge is 0.417 e. The molecule has 0 bridgehead atoms. The van der Waals surface area contributed by atoms with Crippen LogP contribution in [0.3, 0.4) is 0 Å². The number of ether oxygens (including phenoxy) is 2. The average Bonchev–Trinajstić information content (AvgIpc) is 3.41. The fourth-order valence-corrected chi connectivity index (χ4v) is 4.22. The summed E-state index contributed by atoms with van der Waals surface area (Å²) < 4.78 is 24.5. The molecule has 0 aliphatic carbocycles. The van der Waals surface area contributed by atoms with Gasteiger partial charge in [0, 0.05) is 23.9 Å². The maximum absolute atomic E-state index is 14.1. The van der Waals surface area contributed by atoms with Gasteiger partial charge in [-0.25, -0.2) is 4.39 Å². The Kier molecular flexibility index (Phi) is 6.48. The van der Waals surface area contributed by atoms with Crippen molar-refractivity contribution in [2.24, 2.45) is 17.0 Å². The smallest absolute Gasteiger partial charge is 0.311 e. The monoisotopic (exact) mass is 485 g/mol. The molecular weight excluding hydrogens is 457 g/mol. The van der Waals surface area contributed by atoms with E-state index >= 15 is 0 Å². The quantitative estimate of drug-likeness (QED) is 0.599. The molecule has 1 saturated heterocycles. The molecule has 0 radical (unpaired) electrons. The Balaban J connectivity index is 1.60. The van der Waals surface area contributed by atoms with Crippen molar-refractivity contribution in [1.29, 1.82) is 0 Å². The highest BCUT2D eigenvalue weighted by Gasteiger charge is 2.57. The fourth-order valence-electron chi connectivity index (χ4n) is 4.22. The number of oxime groups is 1. The molecule has 10 heteroatoms. The number of rotatable bonds is 7. The van der Waals surface area contributed by atoms with Crippen molar-refractivity contribution >= 4 is 34.3 Å². The lowest BCUT2D eigenvalue weighted by Crippen LogP contribution is -2.60. The third kappa shape index (κ3) is 4.33. The number of nitrogens with one attached hydrogen (secondary N) is 1. The SMILES string of the molecule is CC(C)C(=O)O[C@]1(CF)OC(=O)C[C@@H]1NC(=O)C1(C(C)C)CC(c2nccc3ccccc23)=NO1. The van der Waals surface area contributed by atoms with Crippen LogP contribution in [0.25, 0.3) is 10.8 Å². The maximum Gasteiger partial charge on any atom is 0.311 e. The van der Waals surface area contributed by atoms with E-state index in [0.717, 1.165) is 10.8 Å². The van der Waals surface area contributed by atoms with Gasteiger partial charge in [-0.05, 0) is 11.5 Å². The van der Waals surface area contributed by atoms with Crippen molar-refractivity contribution in [3.05, 3.63) is 42.2 Å². The first kappa shape index (κ1) is 24.6. The van der Waals surface area contributed by atoms with Gasteiger partial charge in [0.05, 0.1) is 18.0 Å². The topological polar surface area (TPSA) is 116 Å². The second-order valence-electron chi connectivity index (χ2n) is 9.46. The van der Waals surface area contributed by atoms with Crippen LogP contribution in [-0.2, 0) is 28.7 Å². The fraction of sp³-hybridized carbons (Fsp3) is 0.480. The number of fused-ring (bicyclic) bond motifs is 1. The number of benzene rings is 1. The van der Waals surface area contributed by atoms with E-state index in [0.29, 0.717) is 11.4 Å². The standard InChI is InChI=1S/C25H28FN3O6/c1-14(2)22(31)34-25(13-26)19(11-20(30)33-25)28-23(32)24(15(3)4)12-18(29-35-24)21-17-8-6-5-7-16(17)9-10-27-21/h5-10,14-15,19H,11-13H2,1-4H3,(H,28,32)/t19-,24?,25-/m0/s1. The number of halogens is 1. The molecule has 3 heterocycles. The van der Waals surface area contributed by atoms with E-state index in [1.54, 1.807) is 33.9 Å². The van der Waals surface area contributed by atoms with Crippen molar-refractivity contribution in [3.8, 4) is 0 Å². The van der Waals surface area contributed by atoms with Crippen LogP contribution in [0.1, 0.15) is 46.2 Å². The number of alkyl halides is 1. The van der Waals surface area contributed by atoms with Gasteiger partial charge < -0.3 is 19.6 Å². The predicted molar refractivity (Wildman–Crippen MR) is 124 cm³/mol. The van der Waals surface area contributed by atoms with Crippen LogP contribution in [0.15, 0.2) is 41.7 Å². The van der Waals surface area contributed by atoms with Crippen LogP contribution in [-0.4, -0.2) is 52.6 Å². The number of nitrogens with zero attached hydrogens (tertiary/aromatic N) is 2. The number of hydrogen-bond donors (Lipinski definition) is 1. The van der Waals surface area contributed by atoms with Gasteiger partial charge in [0.15, 0.2) is 6.67 Å². The van der Waals surface area contributed by atoms with Gasteiger partial charge in [-0.15, -0.1) is 0 Å². The van der Waals surface area contributed by atoms with Gasteiger partial charge in [-0.2, -0.15) is 0 Å². The first-order chi connectivity index (χ1) is 16.6. The minimum Gasteiger partial charge on any atom is -0.417 e. The molecule has 3 atom stereocenters. The molecule has 0 saturated carbocycles. The Bertz CT molecular complexity index is 1190. The third-order valence-electron chi connectivity index (χ3n) is 6.44. The zero-order valence-corrected chi connectivity index (χ0v) is 20.0. The first-order valence-electron chi connectivity index (χ1n) is 11.5. The first-order valence-corrected chi connectivity index (χ1v) is 11.5. The Labute approximate surface area is 202 Å². The van der Waals surface area contributed by atoms with E-state index in [4.69, 9.17) is 14.3 Å². The summed E-state index contributed by atoms with van der Waals surface area (Å²) in [6.07, 6.45) is 1.41. The predicted octanol–water partition coefficient (Wildman–Crippen LogP) is 3.05. The van der Waals surface area contributed by atoms with Crippen LogP contribution in [0.2, 0.25) is 0 Å². The summed E-state index contributed by atoms with van der Waals surface area (Å²) in [6, 6.07) is 8.32. The van der Waals surface area contributed by atoms with E-state index in [1.165, 1.54) is 0 Å². The van der Waals surface area contributed by atoms with Crippen LogP contribution < -0.4 is 5.32 Å². The molecule has 2 aliphatic rings. The van der Waals surface area contributed by atoms with Gasteiger partial charge in [0.2, 0.25) is 5.60 Å². The molecule has 1 aromatic heterocycles. The Morgan fingerprint density at radius 1 is 1.23 bits per heavy atom. The highest BCUT2D eigenvalue weighted by atomic mass is 19.1. The number of aromatic nitrogens is 1. The highest BCUT2D eigenvalue weighted by molar-refractivity contribution is 6.11. The second-order valence-corrected chi connectivity index (χ2v) is 9.46. The van der Waals surface area contributed by atoms with Gasteiger partial charge in [0.1, 0.15) is 11.8 Å². The zero-order chi connectivity index (χ0) is 25.4. The molecule has 1 amide bonds. The molecule has 186 valence electrons. The molecule has 9 nitrogen and oxygen atoms in total. The van der Waals surface area contributed by atoms with E-state index < -0.39 is 47.9 Å². The molecule has 1 unspecified atom stereocenters. The van der Waals surface area contributed by atoms with E-state index in [-0.39, 0.29) is 18.8 Å². The maximum atomic E-state index is 14.1. The number of esters is 2. The number of amides is 1. The summed E-state index contributed by atoms with van der Waals surface area (Å²) in [5.74, 6) is -5.32. The average molecular weight is 486 g/mol. The number of pyridine rings is 1. The number of cyclic esters (lactones) is 1. The van der Waals surface area contributed by atoms with Crippen molar-refractivity contribution in [3.63, 3.8) is 0 Å². The minimum absolute atomic E-state index is 0.105. The molecule has 1 N–H and O–H groups in total. The highest BCUT2D eigenvalue weighted by Crippen LogP contribution is 2.37. The van der Waals surface area contributed by atoms with Crippen molar-refractivity contribution in [2.45, 2.75) is 58.0 Å². The van der Waals surface area contributed by atoms with E-state index in [1.807, 2.05) is 30.3 Å². The number of hydrogen-bond acceptors (Lipinski definition) is 8. The molecule has 1 aromatic carbocycles. The van der Waals surface area contributed by atoms with Crippen molar-refractivity contribution < 1.29 is 33.1 Å². The lowest BCUT2D eigenvalue weighted by Gasteiger charge is -2.34. The molecule has 35 heavy (non-hydrogen) atoms. The van der Waals surface area contributed by atoms with Crippen molar-refractivity contribution in [1.82, 2.24) is 10.3 Å². The summed E-state index contributed by atoms with van der Waals surface area (Å²) in [7, 11) is 0. The Morgan fingerprint density at radius 3 is 2.66 bits per heavy atom. The third-order valence-corrected chi connectivity index (χ3v) is 6.44. The zero-order valence-electron chi connectivity index (χ0n) is 20.0. The summed E-state index contributed by atoms with van der Waals surface area (Å²) in [4.78, 5) is 48.0. The van der Waals surface area contributed by atoms with Crippen molar-refractivity contribution in [2.75, 3.05) is 6.67 Å². The van der Waals surface area contributed by atoms with Gasteiger partial charge in [-0.3, -0.25) is 19.4 Å². The van der Waals surface area contributed by atoms with Gasteiger partial charge in [0.25, 0.3) is 5.91 Å². The Hall–Kier alpha value is -3.56. The lowest BCUT2D eigenvalue weighted by atomic mass is 9.83. The molecule has 2 aliphatic heterocycles. The van der Waals surface area contributed by atoms with Crippen LogP contribution in [0.4, 0.5) is 4.39 Å². The molecule has 4 rings (SSSR count). The number of carbonyl (C=O) groups is 3. The molecule has 1 fully saturated rings. The summed E-state index contributed by atoms with van der Waals surface area (Å²) in [5.41, 5.74) is -0.349. The normalized spacial score (nSPS) is 26.0. The Morgan fingerprint density at radius 2 is 1.97 bits per heavy atom. The number of carbonyl (C=O) groups excluding carboxylic acids is 3. The lowest BCUT2D eigenvalue weighted by molar-refractivity contribution is -0.228. The van der Waals surface area contributed by atoms with E-state index in [9.17, 15) is 18.8 Å². The summed E-state index contributed by atoms with van der Waals surface area (Å²) >= 11 is 0. The van der Waals surface area contributed by atoms with Crippen LogP contribution in [0.5, 0.6) is 0 Å². The molecular formula is C25H28FN3O6. The second kappa shape index (κ2) is 9.24. The molecule has 0 spiro atoms. The summed E-state index contributed by atoms with van der Waals surface area (Å²) in [5, 5.41) is 8.68. The minimum atomic E-state index is -2.23. The van der Waals surface area contributed by atoms with E-state index in [2.05, 4.69) is 15.5 Å². The van der Waals surface area contributed by atoms with Gasteiger partial charge >= 0.3 is 17.7 Å².